The smallest absolute Gasteiger partial charge is 0.268 e. The van der Waals surface area contributed by atoms with Crippen LogP contribution in [0.15, 0.2) is 41.2 Å². The number of nitrogens with zero attached hydrogens (tertiary/aromatic N) is 1. The summed E-state index contributed by atoms with van der Waals surface area (Å²) < 4.78 is 1.48. The number of aliphatic hydroxyl groups is 1. The molecule has 0 aliphatic heterocycles. The number of rotatable bonds is 5. The number of carbonyl (C=O) groups is 2. The second-order valence-corrected chi connectivity index (χ2v) is 6.00. The highest BCUT2D eigenvalue weighted by atomic mass is 16.3. The molecule has 6 heteroatoms. The molecule has 1 aliphatic rings. The summed E-state index contributed by atoms with van der Waals surface area (Å²) in [7, 11) is 0. The number of benzene rings is 1. The molecule has 0 spiro atoms. The maximum atomic E-state index is 13.0. The average molecular weight is 340 g/mol. The lowest BCUT2D eigenvalue weighted by Crippen LogP contribution is -2.36. The third kappa shape index (κ3) is 3.39. The second kappa shape index (κ2) is 7.44. The predicted molar refractivity (Wildman–Crippen MR) is 93.3 cm³/mol. The predicted octanol–water partition coefficient (Wildman–Crippen LogP) is 1.47. The lowest BCUT2D eigenvalue weighted by molar-refractivity contribution is 0.0949. The van der Waals surface area contributed by atoms with Crippen molar-refractivity contribution in [3.05, 3.63) is 63.6 Å². The van der Waals surface area contributed by atoms with Gasteiger partial charge in [-0.1, -0.05) is 18.2 Å². The van der Waals surface area contributed by atoms with Crippen LogP contribution in [0.2, 0.25) is 0 Å². The van der Waals surface area contributed by atoms with E-state index in [0.717, 1.165) is 0 Å². The average Bonchev–Trinajstić information content (AvgIpc) is 2.62. The van der Waals surface area contributed by atoms with Crippen molar-refractivity contribution < 1.29 is 14.7 Å². The number of aromatic nitrogens is 1. The molecule has 0 saturated carbocycles. The fourth-order valence-corrected chi connectivity index (χ4v) is 3.08. The lowest BCUT2D eigenvalue weighted by Gasteiger charge is -2.21. The molecule has 3 rings (SSSR count). The molecule has 1 aromatic heterocycles. The largest absolute Gasteiger partial charge is 0.396 e. The fourth-order valence-electron chi connectivity index (χ4n) is 3.08. The summed E-state index contributed by atoms with van der Waals surface area (Å²) in [6.45, 7) is 0.225. The number of hydrogen-bond acceptors (Lipinski definition) is 4. The number of para-hydroxylation sites is 1. The van der Waals surface area contributed by atoms with Crippen LogP contribution in [0.5, 0.6) is 0 Å². The molecule has 0 saturated heterocycles. The molecular weight excluding hydrogens is 320 g/mol. The zero-order valence-electron chi connectivity index (χ0n) is 13.8. The van der Waals surface area contributed by atoms with Gasteiger partial charge in [0.15, 0.2) is 5.78 Å². The minimum Gasteiger partial charge on any atom is -0.396 e. The van der Waals surface area contributed by atoms with Crippen LogP contribution in [-0.2, 0) is 6.42 Å². The molecule has 1 aromatic carbocycles. The van der Waals surface area contributed by atoms with Gasteiger partial charge in [-0.2, -0.15) is 0 Å². The number of fused-ring (bicyclic) bond motifs is 1. The number of Topliss-reactive ketones (excluding diaryl/α,β-unsaturated/α-hetero) is 1. The molecule has 0 bridgehead atoms. The Morgan fingerprint density at radius 3 is 2.64 bits per heavy atom. The topological polar surface area (TPSA) is 88.4 Å². The molecule has 6 nitrogen and oxygen atoms in total. The third-order valence-electron chi connectivity index (χ3n) is 4.30. The molecule has 2 aromatic rings. The first kappa shape index (κ1) is 17.1. The van der Waals surface area contributed by atoms with E-state index < -0.39 is 11.5 Å². The quantitative estimate of drug-likeness (QED) is 0.807. The Hall–Kier alpha value is -2.73. The monoisotopic (exact) mass is 340 g/mol. The van der Waals surface area contributed by atoms with Crippen LogP contribution >= 0.6 is 0 Å². The number of aliphatic hydroxyl groups excluding tert-OH is 1. The summed E-state index contributed by atoms with van der Waals surface area (Å²) in [5, 5.41) is 11.4. The van der Waals surface area contributed by atoms with Crippen LogP contribution < -0.4 is 10.9 Å². The molecule has 0 atom stereocenters. The maximum absolute atomic E-state index is 13.0. The molecule has 1 amide bonds. The minimum absolute atomic E-state index is 0.0444. The van der Waals surface area contributed by atoms with E-state index in [4.69, 9.17) is 5.11 Å². The summed E-state index contributed by atoms with van der Waals surface area (Å²) in [6, 6.07) is 10.5. The summed E-state index contributed by atoms with van der Waals surface area (Å²) in [6.07, 6.45) is 2.14. The molecule has 0 fully saturated rings. The van der Waals surface area contributed by atoms with Gasteiger partial charge < -0.3 is 10.4 Å². The number of hydrogen-bond donors (Lipinski definition) is 2. The van der Waals surface area contributed by atoms with E-state index in [0.29, 0.717) is 42.6 Å². The van der Waals surface area contributed by atoms with Gasteiger partial charge in [-0.3, -0.25) is 19.0 Å². The van der Waals surface area contributed by atoms with Crippen molar-refractivity contribution in [2.75, 3.05) is 13.2 Å². The standard InChI is InChI=1S/C19H20N2O4/c22-11-5-10-20-18(24)15-12-14-16(8-4-9-17(14)23)21(19(15)25)13-6-2-1-3-7-13/h1-3,6-7,12,22H,4-5,8-11H2,(H,20,24). The Morgan fingerprint density at radius 2 is 1.92 bits per heavy atom. The van der Waals surface area contributed by atoms with Gasteiger partial charge in [0.1, 0.15) is 5.56 Å². The fraction of sp³-hybridized carbons (Fsp3) is 0.316. The first-order valence-corrected chi connectivity index (χ1v) is 8.40. The Bertz CT molecular complexity index is 856. The molecule has 25 heavy (non-hydrogen) atoms. The van der Waals surface area contributed by atoms with Gasteiger partial charge >= 0.3 is 0 Å². The van der Waals surface area contributed by atoms with Crippen molar-refractivity contribution in [3.8, 4) is 5.69 Å². The van der Waals surface area contributed by atoms with Gasteiger partial charge in [0.2, 0.25) is 0 Å². The van der Waals surface area contributed by atoms with Crippen LogP contribution in [0.25, 0.3) is 5.69 Å². The summed E-state index contributed by atoms with van der Waals surface area (Å²) in [5.74, 6) is -0.570. The van der Waals surface area contributed by atoms with Gasteiger partial charge in [0, 0.05) is 36.5 Å². The van der Waals surface area contributed by atoms with Crippen molar-refractivity contribution in [3.63, 3.8) is 0 Å². The Morgan fingerprint density at radius 1 is 1.16 bits per heavy atom. The molecule has 1 aliphatic carbocycles. The van der Waals surface area contributed by atoms with Gasteiger partial charge in [0.05, 0.1) is 0 Å². The number of pyridine rings is 1. The highest BCUT2D eigenvalue weighted by Crippen LogP contribution is 2.23. The molecular formula is C19H20N2O4. The Balaban J connectivity index is 2.15. The molecule has 0 radical (unpaired) electrons. The number of carbonyl (C=O) groups excluding carboxylic acids is 2. The van der Waals surface area contributed by atoms with Crippen LogP contribution in [0, 0.1) is 0 Å². The van der Waals surface area contributed by atoms with E-state index in [1.54, 1.807) is 12.1 Å². The second-order valence-electron chi connectivity index (χ2n) is 6.00. The third-order valence-corrected chi connectivity index (χ3v) is 4.30. The maximum Gasteiger partial charge on any atom is 0.268 e. The normalized spacial score (nSPS) is 13.4. The molecule has 1 heterocycles. The van der Waals surface area contributed by atoms with Crippen molar-refractivity contribution in [1.82, 2.24) is 9.88 Å². The summed E-state index contributed by atoms with van der Waals surface area (Å²) in [5.41, 5.74) is 1.28. The minimum atomic E-state index is -0.524. The van der Waals surface area contributed by atoms with E-state index in [-0.39, 0.29) is 24.5 Å². The molecule has 2 N–H and O–H groups in total. The van der Waals surface area contributed by atoms with E-state index in [1.807, 2.05) is 18.2 Å². The van der Waals surface area contributed by atoms with E-state index in [2.05, 4.69) is 5.32 Å². The zero-order valence-corrected chi connectivity index (χ0v) is 13.8. The van der Waals surface area contributed by atoms with Crippen molar-refractivity contribution in [2.45, 2.75) is 25.7 Å². The molecule has 130 valence electrons. The summed E-state index contributed by atoms with van der Waals surface area (Å²) in [4.78, 5) is 37.7. The zero-order chi connectivity index (χ0) is 17.8. The molecule has 0 unspecified atom stereocenters. The van der Waals surface area contributed by atoms with Crippen LogP contribution in [0.1, 0.15) is 45.7 Å². The van der Waals surface area contributed by atoms with Crippen LogP contribution in [-0.4, -0.2) is 34.5 Å². The van der Waals surface area contributed by atoms with Gasteiger partial charge in [-0.05, 0) is 37.5 Å². The van der Waals surface area contributed by atoms with Gasteiger partial charge in [0.25, 0.3) is 11.5 Å². The van der Waals surface area contributed by atoms with Crippen molar-refractivity contribution >= 4 is 11.7 Å². The highest BCUT2D eigenvalue weighted by molar-refractivity contribution is 6.01. The van der Waals surface area contributed by atoms with Crippen molar-refractivity contribution in [2.24, 2.45) is 0 Å². The lowest BCUT2D eigenvalue weighted by atomic mass is 9.92. The van der Waals surface area contributed by atoms with Gasteiger partial charge in [-0.15, -0.1) is 0 Å². The van der Waals surface area contributed by atoms with Crippen LogP contribution in [0.4, 0.5) is 0 Å². The first-order valence-electron chi connectivity index (χ1n) is 8.40. The number of nitrogens with one attached hydrogen (secondary N) is 1. The van der Waals surface area contributed by atoms with E-state index in [9.17, 15) is 14.4 Å². The number of amides is 1. The number of ketones is 1. The van der Waals surface area contributed by atoms with Crippen molar-refractivity contribution in [1.29, 1.82) is 0 Å². The Labute approximate surface area is 145 Å². The van der Waals surface area contributed by atoms with E-state index >= 15 is 0 Å². The van der Waals surface area contributed by atoms with E-state index in [1.165, 1.54) is 10.6 Å². The highest BCUT2D eigenvalue weighted by Gasteiger charge is 2.25. The van der Waals surface area contributed by atoms with Gasteiger partial charge in [-0.25, -0.2) is 0 Å². The SMILES string of the molecule is O=C1CCCc2c1cc(C(=O)NCCCO)c(=O)n2-c1ccccc1. The summed E-state index contributed by atoms with van der Waals surface area (Å²) >= 11 is 0. The first-order chi connectivity index (χ1) is 12.1. The van der Waals surface area contributed by atoms with Crippen LogP contribution in [0.3, 0.4) is 0 Å². The Kier molecular flexibility index (Phi) is 5.09.